The van der Waals surface area contributed by atoms with Crippen molar-refractivity contribution in [3.8, 4) is 0 Å². The van der Waals surface area contributed by atoms with Gasteiger partial charge in [0.05, 0.1) is 16.4 Å². The smallest absolute Gasteiger partial charge is 0.255 e. The van der Waals surface area contributed by atoms with E-state index in [2.05, 4.69) is 10.2 Å². The lowest BCUT2D eigenvalue weighted by Gasteiger charge is -2.31. The molecule has 2 aromatic carbocycles. The van der Waals surface area contributed by atoms with Crippen LogP contribution in [0.25, 0.3) is 0 Å². The molecule has 1 aliphatic heterocycles. The molecule has 0 bridgehead atoms. The van der Waals surface area contributed by atoms with Crippen LogP contribution in [0.1, 0.15) is 35.2 Å². The van der Waals surface area contributed by atoms with Gasteiger partial charge in [0.25, 0.3) is 5.91 Å². The number of hydrogen-bond donors (Lipinski definition) is 1. The van der Waals surface area contributed by atoms with Crippen molar-refractivity contribution in [3.63, 3.8) is 0 Å². The van der Waals surface area contributed by atoms with Crippen LogP contribution in [0.3, 0.4) is 0 Å². The van der Waals surface area contributed by atoms with Gasteiger partial charge in [-0.1, -0.05) is 35.4 Å². The monoisotopic (exact) mass is 328 g/mol. The van der Waals surface area contributed by atoms with Gasteiger partial charge in [0.15, 0.2) is 0 Å². The molecule has 0 aromatic heterocycles. The Morgan fingerprint density at radius 3 is 2.43 bits per heavy atom. The van der Waals surface area contributed by atoms with Gasteiger partial charge in [-0.3, -0.25) is 4.79 Å². The Bertz CT molecular complexity index is 691. The standard InChI is InChI=1S/C19H21ClN2O/c1-14-8-10-15(11-9-14)19(23)21-17-7-5-6-16(20)18(17)22-12-3-2-4-13-22/h5-11H,2-4,12-13H2,1H3,(H,21,23). The van der Waals surface area contributed by atoms with Crippen LogP contribution >= 0.6 is 11.6 Å². The third-order valence-corrected chi connectivity index (χ3v) is 4.53. The van der Waals surface area contributed by atoms with Gasteiger partial charge >= 0.3 is 0 Å². The topological polar surface area (TPSA) is 32.3 Å². The van der Waals surface area contributed by atoms with Crippen molar-refractivity contribution >= 4 is 28.9 Å². The van der Waals surface area contributed by atoms with E-state index >= 15 is 0 Å². The van der Waals surface area contributed by atoms with Crippen LogP contribution < -0.4 is 10.2 Å². The second-order valence-electron chi connectivity index (χ2n) is 6.00. The molecule has 3 nitrogen and oxygen atoms in total. The Balaban J connectivity index is 1.86. The molecule has 1 fully saturated rings. The van der Waals surface area contributed by atoms with Crippen molar-refractivity contribution in [2.75, 3.05) is 23.3 Å². The minimum Gasteiger partial charge on any atom is -0.369 e. The van der Waals surface area contributed by atoms with E-state index in [4.69, 9.17) is 11.6 Å². The largest absolute Gasteiger partial charge is 0.369 e. The zero-order valence-electron chi connectivity index (χ0n) is 13.3. The number of para-hydroxylation sites is 1. The summed E-state index contributed by atoms with van der Waals surface area (Å²) in [6.07, 6.45) is 3.58. The first-order valence-corrected chi connectivity index (χ1v) is 8.44. The number of piperidine rings is 1. The molecule has 0 saturated carbocycles. The van der Waals surface area contributed by atoms with E-state index in [0.717, 1.165) is 42.9 Å². The number of amides is 1. The summed E-state index contributed by atoms with van der Waals surface area (Å²) >= 11 is 6.42. The number of hydrogen-bond acceptors (Lipinski definition) is 2. The SMILES string of the molecule is Cc1ccc(C(=O)Nc2cccc(Cl)c2N2CCCCC2)cc1. The summed E-state index contributed by atoms with van der Waals surface area (Å²) < 4.78 is 0. The Hall–Kier alpha value is -2.00. The van der Waals surface area contributed by atoms with E-state index < -0.39 is 0 Å². The average Bonchev–Trinajstić information content (AvgIpc) is 2.56. The lowest BCUT2D eigenvalue weighted by molar-refractivity contribution is 0.102. The Morgan fingerprint density at radius 2 is 1.74 bits per heavy atom. The van der Waals surface area contributed by atoms with E-state index in [1.54, 1.807) is 0 Å². The molecule has 2 aromatic rings. The number of aryl methyl sites for hydroxylation is 1. The van der Waals surface area contributed by atoms with Crippen molar-refractivity contribution in [3.05, 3.63) is 58.6 Å². The van der Waals surface area contributed by atoms with Crippen LogP contribution in [0.15, 0.2) is 42.5 Å². The molecule has 1 heterocycles. The predicted molar refractivity (Wildman–Crippen MR) is 96.6 cm³/mol. The molecule has 4 heteroatoms. The summed E-state index contributed by atoms with van der Waals surface area (Å²) in [7, 11) is 0. The maximum Gasteiger partial charge on any atom is 0.255 e. The van der Waals surface area contributed by atoms with Crippen LogP contribution in [0.2, 0.25) is 5.02 Å². The van der Waals surface area contributed by atoms with Crippen LogP contribution in [-0.4, -0.2) is 19.0 Å². The highest BCUT2D eigenvalue weighted by Crippen LogP contribution is 2.35. The van der Waals surface area contributed by atoms with Gasteiger partial charge in [-0.05, 0) is 50.5 Å². The second-order valence-corrected chi connectivity index (χ2v) is 6.41. The van der Waals surface area contributed by atoms with Gasteiger partial charge < -0.3 is 10.2 Å². The second kappa shape index (κ2) is 7.05. The highest BCUT2D eigenvalue weighted by molar-refractivity contribution is 6.34. The van der Waals surface area contributed by atoms with Crippen molar-refractivity contribution in [1.82, 2.24) is 0 Å². The Morgan fingerprint density at radius 1 is 1.04 bits per heavy atom. The molecule has 0 radical (unpaired) electrons. The molecular formula is C19H21ClN2O. The number of rotatable bonds is 3. The fraction of sp³-hybridized carbons (Fsp3) is 0.316. The first-order valence-electron chi connectivity index (χ1n) is 8.06. The predicted octanol–water partition coefficient (Wildman–Crippen LogP) is 4.89. The minimum atomic E-state index is -0.106. The normalized spacial score (nSPS) is 14.6. The van der Waals surface area contributed by atoms with E-state index in [1.165, 1.54) is 6.42 Å². The van der Waals surface area contributed by atoms with E-state index in [-0.39, 0.29) is 5.91 Å². The summed E-state index contributed by atoms with van der Waals surface area (Å²) in [5.74, 6) is -0.106. The van der Waals surface area contributed by atoms with Crippen molar-refractivity contribution in [1.29, 1.82) is 0 Å². The molecule has 1 N–H and O–H groups in total. The molecular weight excluding hydrogens is 308 g/mol. The van der Waals surface area contributed by atoms with Gasteiger partial charge in [-0.2, -0.15) is 0 Å². The van der Waals surface area contributed by atoms with Gasteiger partial charge in [0.1, 0.15) is 0 Å². The van der Waals surface area contributed by atoms with Crippen LogP contribution in [0, 0.1) is 6.92 Å². The molecule has 0 atom stereocenters. The van der Waals surface area contributed by atoms with Crippen molar-refractivity contribution < 1.29 is 4.79 Å². The van der Waals surface area contributed by atoms with E-state index in [0.29, 0.717) is 10.6 Å². The maximum atomic E-state index is 12.5. The highest BCUT2D eigenvalue weighted by Gasteiger charge is 2.19. The molecule has 23 heavy (non-hydrogen) atoms. The van der Waals surface area contributed by atoms with Gasteiger partial charge in [-0.25, -0.2) is 0 Å². The van der Waals surface area contributed by atoms with E-state index in [1.807, 2.05) is 49.4 Å². The molecule has 120 valence electrons. The zero-order chi connectivity index (χ0) is 16.2. The molecule has 1 aliphatic rings. The summed E-state index contributed by atoms with van der Waals surface area (Å²) in [6.45, 7) is 3.97. The molecule has 0 unspecified atom stereocenters. The highest BCUT2D eigenvalue weighted by atomic mass is 35.5. The Labute approximate surface area is 142 Å². The third kappa shape index (κ3) is 3.67. The average molecular weight is 329 g/mol. The minimum absolute atomic E-state index is 0.106. The first kappa shape index (κ1) is 15.9. The number of carbonyl (C=O) groups excluding carboxylic acids is 1. The summed E-state index contributed by atoms with van der Waals surface area (Å²) in [5.41, 5.74) is 3.51. The fourth-order valence-corrected chi connectivity index (χ4v) is 3.25. The number of anilines is 2. The zero-order valence-corrected chi connectivity index (χ0v) is 14.1. The molecule has 0 spiro atoms. The summed E-state index contributed by atoms with van der Waals surface area (Å²) in [5, 5.41) is 3.71. The number of benzene rings is 2. The van der Waals surface area contributed by atoms with Gasteiger partial charge in [-0.15, -0.1) is 0 Å². The maximum absolute atomic E-state index is 12.5. The van der Waals surface area contributed by atoms with Crippen molar-refractivity contribution in [2.24, 2.45) is 0 Å². The molecule has 0 aliphatic carbocycles. The number of nitrogens with zero attached hydrogens (tertiary/aromatic N) is 1. The number of halogens is 1. The summed E-state index contributed by atoms with van der Waals surface area (Å²) in [6, 6.07) is 13.2. The lowest BCUT2D eigenvalue weighted by atomic mass is 10.1. The fourth-order valence-electron chi connectivity index (χ4n) is 2.95. The Kier molecular flexibility index (Phi) is 4.87. The number of nitrogens with one attached hydrogen (secondary N) is 1. The van der Waals surface area contributed by atoms with Crippen LogP contribution in [-0.2, 0) is 0 Å². The third-order valence-electron chi connectivity index (χ3n) is 4.22. The quantitative estimate of drug-likeness (QED) is 0.870. The summed E-state index contributed by atoms with van der Waals surface area (Å²) in [4.78, 5) is 14.8. The van der Waals surface area contributed by atoms with Crippen molar-refractivity contribution in [2.45, 2.75) is 26.2 Å². The van der Waals surface area contributed by atoms with Gasteiger partial charge in [0, 0.05) is 18.7 Å². The molecule has 1 amide bonds. The van der Waals surface area contributed by atoms with Crippen LogP contribution in [0.4, 0.5) is 11.4 Å². The first-order chi connectivity index (χ1) is 11.1. The molecule has 3 rings (SSSR count). The lowest BCUT2D eigenvalue weighted by Crippen LogP contribution is -2.30. The van der Waals surface area contributed by atoms with Gasteiger partial charge in [0.2, 0.25) is 0 Å². The van der Waals surface area contributed by atoms with E-state index in [9.17, 15) is 4.79 Å². The number of carbonyl (C=O) groups is 1. The van der Waals surface area contributed by atoms with Crippen LogP contribution in [0.5, 0.6) is 0 Å². The molecule has 1 saturated heterocycles.